The normalized spacial score (nSPS) is 9.88. The minimum absolute atomic E-state index is 0.0462. The van der Waals surface area contributed by atoms with Gasteiger partial charge in [-0.1, -0.05) is 18.2 Å². The summed E-state index contributed by atoms with van der Waals surface area (Å²) in [6, 6.07) is 11.4. The van der Waals surface area contributed by atoms with Crippen LogP contribution in [0.4, 0.5) is 5.69 Å². The quantitative estimate of drug-likeness (QED) is 0.826. The minimum atomic E-state index is -0.0462. The highest BCUT2D eigenvalue weighted by atomic mass is 16.3. The van der Waals surface area contributed by atoms with Gasteiger partial charge in [0, 0.05) is 17.8 Å². The van der Waals surface area contributed by atoms with E-state index >= 15 is 0 Å². The first-order valence-corrected chi connectivity index (χ1v) is 5.41. The average Bonchev–Trinajstić information content (AvgIpc) is 2.88. The van der Waals surface area contributed by atoms with Gasteiger partial charge in [-0.15, -0.1) is 0 Å². The molecule has 1 aromatic heterocycles. The zero-order chi connectivity index (χ0) is 11.9. The predicted molar refractivity (Wildman–Crippen MR) is 65.5 cm³/mol. The molecule has 4 heteroatoms. The van der Waals surface area contributed by atoms with Gasteiger partial charge in [-0.25, -0.2) is 0 Å². The molecule has 1 amide bonds. The molecule has 2 rings (SSSR count). The lowest BCUT2D eigenvalue weighted by Crippen LogP contribution is -2.29. The van der Waals surface area contributed by atoms with E-state index < -0.39 is 0 Å². The first-order chi connectivity index (χ1) is 8.34. The van der Waals surface area contributed by atoms with Gasteiger partial charge in [-0.3, -0.25) is 4.79 Å². The van der Waals surface area contributed by atoms with Crippen molar-refractivity contribution in [3.05, 3.63) is 54.5 Å². The lowest BCUT2D eigenvalue weighted by molar-refractivity contribution is -0.119. The maximum Gasteiger partial charge on any atom is 0.239 e. The highest BCUT2D eigenvalue weighted by molar-refractivity contribution is 5.80. The molecular formula is C13H14N2O2. The third kappa shape index (κ3) is 3.68. The number of rotatable bonds is 5. The van der Waals surface area contributed by atoms with E-state index in [-0.39, 0.29) is 12.5 Å². The topological polar surface area (TPSA) is 54.3 Å². The van der Waals surface area contributed by atoms with E-state index in [1.807, 2.05) is 36.4 Å². The van der Waals surface area contributed by atoms with Crippen LogP contribution < -0.4 is 10.6 Å². The van der Waals surface area contributed by atoms with Gasteiger partial charge in [0.1, 0.15) is 0 Å². The van der Waals surface area contributed by atoms with Crippen LogP contribution in [-0.2, 0) is 11.3 Å². The maximum atomic E-state index is 11.5. The molecule has 88 valence electrons. The van der Waals surface area contributed by atoms with Crippen LogP contribution in [0.5, 0.6) is 0 Å². The second kappa shape index (κ2) is 5.75. The van der Waals surface area contributed by atoms with Gasteiger partial charge in [-0.2, -0.15) is 0 Å². The van der Waals surface area contributed by atoms with Crippen LogP contribution >= 0.6 is 0 Å². The van der Waals surface area contributed by atoms with Crippen molar-refractivity contribution in [2.24, 2.45) is 0 Å². The molecule has 1 aromatic carbocycles. The van der Waals surface area contributed by atoms with Gasteiger partial charge >= 0.3 is 0 Å². The third-order valence-electron chi connectivity index (χ3n) is 2.30. The van der Waals surface area contributed by atoms with Crippen molar-refractivity contribution in [3.8, 4) is 0 Å². The maximum absolute atomic E-state index is 11.5. The van der Waals surface area contributed by atoms with Crippen molar-refractivity contribution >= 4 is 11.6 Å². The Balaban J connectivity index is 1.71. The molecule has 0 saturated heterocycles. The molecule has 1 heterocycles. The van der Waals surface area contributed by atoms with Gasteiger partial charge in [-0.05, 0) is 18.2 Å². The van der Waals surface area contributed by atoms with E-state index in [0.29, 0.717) is 6.54 Å². The Bertz CT molecular complexity index is 452. The van der Waals surface area contributed by atoms with Crippen LogP contribution in [0.15, 0.2) is 53.3 Å². The van der Waals surface area contributed by atoms with E-state index in [4.69, 9.17) is 4.42 Å². The van der Waals surface area contributed by atoms with E-state index in [1.165, 1.54) is 0 Å². The van der Waals surface area contributed by atoms with Crippen LogP contribution in [0.3, 0.4) is 0 Å². The molecule has 0 aliphatic rings. The summed E-state index contributed by atoms with van der Waals surface area (Å²) in [6.45, 7) is 0.758. The van der Waals surface area contributed by atoms with Crippen molar-refractivity contribution in [2.75, 3.05) is 11.9 Å². The minimum Gasteiger partial charge on any atom is -0.472 e. The molecule has 0 bridgehead atoms. The fourth-order valence-electron chi connectivity index (χ4n) is 1.39. The largest absolute Gasteiger partial charge is 0.472 e. The molecule has 4 nitrogen and oxygen atoms in total. The summed E-state index contributed by atoms with van der Waals surface area (Å²) < 4.78 is 4.91. The van der Waals surface area contributed by atoms with Crippen LogP contribution in [0.25, 0.3) is 0 Å². The average molecular weight is 230 g/mol. The zero-order valence-electron chi connectivity index (χ0n) is 9.35. The highest BCUT2D eigenvalue weighted by Gasteiger charge is 2.01. The molecule has 0 aliphatic carbocycles. The Labute approximate surface area is 99.6 Å². The van der Waals surface area contributed by atoms with Crippen LogP contribution in [0.1, 0.15) is 5.56 Å². The highest BCUT2D eigenvalue weighted by Crippen LogP contribution is 2.03. The fourth-order valence-corrected chi connectivity index (χ4v) is 1.39. The van der Waals surface area contributed by atoms with E-state index in [2.05, 4.69) is 10.6 Å². The van der Waals surface area contributed by atoms with Crippen LogP contribution in [0.2, 0.25) is 0 Å². The van der Waals surface area contributed by atoms with Crippen molar-refractivity contribution in [1.29, 1.82) is 0 Å². The number of benzene rings is 1. The molecule has 0 atom stereocenters. The lowest BCUT2D eigenvalue weighted by atomic mass is 10.3. The lowest BCUT2D eigenvalue weighted by Gasteiger charge is -2.06. The molecule has 0 radical (unpaired) electrons. The Hall–Kier alpha value is -2.23. The zero-order valence-corrected chi connectivity index (χ0v) is 9.35. The van der Waals surface area contributed by atoms with Gasteiger partial charge < -0.3 is 15.1 Å². The number of anilines is 1. The summed E-state index contributed by atoms with van der Waals surface area (Å²) in [6.07, 6.45) is 3.20. The predicted octanol–water partition coefficient (Wildman–Crippen LogP) is 2.01. The number of para-hydroxylation sites is 1. The molecule has 0 saturated carbocycles. The standard InChI is InChI=1S/C13H14N2O2/c16-13(15-8-11-6-7-17-10-11)9-14-12-4-2-1-3-5-12/h1-7,10,14H,8-9H2,(H,15,16). The number of carbonyl (C=O) groups excluding carboxylic acids is 1. The Morgan fingerprint density at radius 2 is 2.00 bits per heavy atom. The first-order valence-electron chi connectivity index (χ1n) is 5.41. The first kappa shape index (κ1) is 11.3. The van der Waals surface area contributed by atoms with Crippen LogP contribution in [0, 0.1) is 0 Å². The van der Waals surface area contributed by atoms with Crippen LogP contribution in [-0.4, -0.2) is 12.5 Å². The second-order valence-electron chi connectivity index (χ2n) is 3.63. The van der Waals surface area contributed by atoms with Crippen molar-refractivity contribution < 1.29 is 9.21 Å². The number of hydrogen-bond donors (Lipinski definition) is 2. The summed E-state index contributed by atoms with van der Waals surface area (Å²) in [5.74, 6) is -0.0462. The summed E-state index contributed by atoms with van der Waals surface area (Å²) in [5.41, 5.74) is 1.89. The van der Waals surface area contributed by atoms with Crippen molar-refractivity contribution in [3.63, 3.8) is 0 Å². The van der Waals surface area contributed by atoms with Gasteiger partial charge in [0.2, 0.25) is 5.91 Å². The number of furan rings is 1. The van der Waals surface area contributed by atoms with E-state index in [0.717, 1.165) is 11.3 Å². The second-order valence-corrected chi connectivity index (χ2v) is 3.63. The van der Waals surface area contributed by atoms with Crippen molar-refractivity contribution in [2.45, 2.75) is 6.54 Å². The Morgan fingerprint density at radius 1 is 1.18 bits per heavy atom. The van der Waals surface area contributed by atoms with Gasteiger partial charge in [0.05, 0.1) is 19.1 Å². The molecule has 0 aliphatic heterocycles. The molecule has 0 spiro atoms. The van der Waals surface area contributed by atoms with Gasteiger partial charge in [0.15, 0.2) is 0 Å². The molecule has 2 N–H and O–H groups in total. The Kier molecular flexibility index (Phi) is 3.81. The third-order valence-corrected chi connectivity index (χ3v) is 2.30. The Morgan fingerprint density at radius 3 is 2.71 bits per heavy atom. The summed E-state index contributed by atoms with van der Waals surface area (Å²) >= 11 is 0. The number of hydrogen-bond acceptors (Lipinski definition) is 3. The molecule has 2 aromatic rings. The SMILES string of the molecule is O=C(CNc1ccccc1)NCc1ccoc1. The summed E-state index contributed by atoms with van der Waals surface area (Å²) in [4.78, 5) is 11.5. The molecular weight excluding hydrogens is 216 g/mol. The summed E-state index contributed by atoms with van der Waals surface area (Å²) in [5, 5.41) is 5.83. The molecule has 0 fully saturated rings. The number of nitrogens with one attached hydrogen (secondary N) is 2. The number of carbonyl (C=O) groups is 1. The molecule has 17 heavy (non-hydrogen) atoms. The van der Waals surface area contributed by atoms with Crippen molar-refractivity contribution in [1.82, 2.24) is 5.32 Å². The van der Waals surface area contributed by atoms with E-state index in [9.17, 15) is 4.79 Å². The van der Waals surface area contributed by atoms with Gasteiger partial charge in [0.25, 0.3) is 0 Å². The number of amides is 1. The van der Waals surface area contributed by atoms with E-state index in [1.54, 1.807) is 12.5 Å². The molecule has 0 unspecified atom stereocenters. The smallest absolute Gasteiger partial charge is 0.239 e. The monoisotopic (exact) mass is 230 g/mol. The fraction of sp³-hybridized carbons (Fsp3) is 0.154. The summed E-state index contributed by atoms with van der Waals surface area (Å²) in [7, 11) is 0.